The lowest BCUT2D eigenvalue weighted by Crippen LogP contribution is -2.28. The highest BCUT2D eigenvalue weighted by Crippen LogP contribution is 2.51. The fraction of sp³-hybridized carbons (Fsp3) is 0.611. The monoisotopic (exact) mass is 343 g/mol. The molecule has 1 fully saturated rings. The Morgan fingerprint density at radius 1 is 1.33 bits per heavy atom. The third kappa shape index (κ3) is 4.72. The molecule has 2 rings (SSSR count). The molecule has 1 aliphatic rings. The molecule has 3 nitrogen and oxygen atoms in total. The highest BCUT2D eigenvalue weighted by molar-refractivity contribution is 5.88. The second-order valence-corrected chi connectivity index (χ2v) is 7.45. The van der Waals surface area contributed by atoms with E-state index in [1.807, 2.05) is 11.9 Å². The molecule has 0 saturated heterocycles. The number of rotatable bonds is 7. The minimum Gasteiger partial charge on any atom is -0.478 e. The van der Waals surface area contributed by atoms with E-state index in [4.69, 9.17) is 5.11 Å². The molecule has 1 aromatic rings. The number of aromatic carboxylic acids is 1. The van der Waals surface area contributed by atoms with Crippen molar-refractivity contribution in [1.82, 2.24) is 4.90 Å². The van der Waals surface area contributed by atoms with Crippen molar-refractivity contribution in [1.29, 1.82) is 0 Å². The topological polar surface area (TPSA) is 40.5 Å². The van der Waals surface area contributed by atoms with Crippen LogP contribution in [0.4, 0.5) is 13.2 Å². The zero-order valence-corrected chi connectivity index (χ0v) is 14.3. The third-order valence-electron chi connectivity index (χ3n) is 4.51. The molecule has 0 bridgehead atoms. The first-order valence-electron chi connectivity index (χ1n) is 8.14. The van der Waals surface area contributed by atoms with E-state index >= 15 is 0 Å². The molecule has 1 saturated carbocycles. The Morgan fingerprint density at radius 3 is 2.42 bits per heavy atom. The fourth-order valence-electron chi connectivity index (χ4n) is 3.50. The van der Waals surface area contributed by atoms with E-state index < -0.39 is 17.7 Å². The number of alkyl halides is 3. The van der Waals surface area contributed by atoms with Gasteiger partial charge in [-0.2, -0.15) is 13.2 Å². The maximum atomic E-state index is 13.3. The van der Waals surface area contributed by atoms with Crippen molar-refractivity contribution in [3.8, 4) is 0 Å². The number of carbonyl (C=O) groups is 1. The Balaban J connectivity index is 2.15. The standard InChI is InChI=1S/C18H24F3NO2/c1-12(2)9-17(6-7-17)11-22(3)10-14-5-4-13(16(23)24)8-15(14)18(19,20)21/h4-5,8,12H,6-7,9-11H2,1-3H3,(H,23,24). The van der Waals surface area contributed by atoms with Gasteiger partial charge in [0.1, 0.15) is 0 Å². The van der Waals surface area contributed by atoms with Gasteiger partial charge in [0.05, 0.1) is 11.1 Å². The van der Waals surface area contributed by atoms with Crippen molar-refractivity contribution in [3.05, 3.63) is 34.9 Å². The van der Waals surface area contributed by atoms with E-state index in [9.17, 15) is 18.0 Å². The zero-order chi connectivity index (χ0) is 18.1. The molecule has 0 radical (unpaired) electrons. The van der Waals surface area contributed by atoms with Crippen LogP contribution < -0.4 is 0 Å². The molecule has 0 amide bonds. The molecule has 6 heteroatoms. The summed E-state index contributed by atoms with van der Waals surface area (Å²) in [6, 6.07) is 3.25. The summed E-state index contributed by atoms with van der Waals surface area (Å²) in [5, 5.41) is 8.91. The number of carboxylic acids is 1. The Hall–Kier alpha value is -1.56. The predicted octanol–water partition coefficient (Wildman–Crippen LogP) is 4.66. The van der Waals surface area contributed by atoms with E-state index in [-0.39, 0.29) is 23.1 Å². The van der Waals surface area contributed by atoms with Gasteiger partial charge in [-0.05, 0) is 55.3 Å². The Kier molecular flexibility index (Phi) is 5.28. The largest absolute Gasteiger partial charge is 0.478 e. The maximum absolute atomic E-state index is 13.3. The highest BCUT2D eigenvalue weighted by atomic mass is 19.4. The summed E-state index contributed by atoms with van der Waals surface area (Å²) in [5.41, 5.74) is -0.840. The molecule has 0 atom stereocenters. The average molecular weight is 343 g/mol. The number of hydrogen-bond acceptors (Lipinski definition) is 2. The van der Waals surface area contributed by atoms with Gasteiger partial charge >= 0.3 is 12.1 Å². The summed E-state index contributed by atoms with van der Waals surface area (Å²) in [5.74, 6) is -0.782. The van der Waals surface area contributed by atoms with Crippen LogP contribution in [0, 0.1) is 11.3 Å². The normalized spacial score (nSPS) is 16.7. The van der Waals surface area contributed by atoms with Crippen molar-refractivity contribution >= 4 is 5.97 Å². The van der Waals surface area contributed by atoms with Crippen LogP contribution in [0.3, 0.4) is 0 Å². The average Bonchev–Trinajstić information content (AvgIpc) is 3.15. The molecule has 0 unspecified atom stereocenters. The highest BCUT2D eigenvalue weighted by Gasteiger charge is 2.43. The van der Waals surface area contributed by atoms with Crippen LogP contribution in [0.15, 0.2) is 18.2 Å². The van der Waals surface area contributed by atoms with Gasteiger partial charge in [-0.25, -0.2) is 4.79 Å². The summed E-state index contributed by atoms with van der Waals surface area (Å²) < 4.78 is 39.8. The van der Waals surface area contributed by atoms with Crippen LogP contribution in [-0.2, 0) is 12.7 Å². The van der Waals surface area contributed by atoms with Gasteiger partial charge in [0.25, 0.3) is 0 Å². The SMILES string of the molecule is CC(C)CC1(CN(C)Cc2ccc(C(=O)O)cc2C(F)(F)F)CC1. The second-order valence-electron chi connectivity index (χ2n) is 7.45. The lowest BCUT2D eigenvalue weighted by atomic mass is 9.93. The lowest BCUT2D eigenvalue weighted by molar-refractivity contribution is -0.138. The third-order valence-corrected chi connectivity index (χ3v) is 4.51. The van der Waals surface area contributed by atoms with Gasteiger partial charge in [0.15, 0.2) is 0 Å². The van der Waals surface area contributed by atoms with Crippen LogP contribution >= 0.6 is 0 Å². The quantitative estimate of drug-likeness (QED) is 0.783. The lowest BCUT2D eigenvalue weighted by Gasteiger charge is -2.26. The molecule has 0 aliphatic heterocycles. The summed E-state index contributed by atoms with van der Waals surface area (Å²) in [6.07, 6.45) is -1.22. The fourth-order valence-corrected chi connectivity index (χ4v) is 3.50. The first kappa shape index (κ1) is 18.8. The van der Waals surface area contributed by atoms with Gasteiger partial charge in [-0.15, -0.1) is 0 Å². The molecule has 0 spiro atoms. The van der Waals surface area contributed by atoms with Gasteiger partial charge in [0.2, 0.25) is 0 Å². The van der Waals surface area contributed by atoms with E-state index in [0.29, 0.717) is 5.92 Å². The van der Waals surface area contributed by atoms with Crippen molar-refractivity contribution in [2.45, 2.75) is 45.8 Å². The van der Waals surface area contributed by atoms with Crippen LogP contribution in [0.25, 0.3) is 0 Å². The number of carboxylic acid groups (broad SMARTS) is 1. The van der Waals surface area contributed by atoms with Crippen molar-refractivity contribution in [2.24, 2.45) is 11.3 Å². The summed E-state index contributed by atoms with van der Waals surface area (Å²) >= 11 is 0. The second kappa shape index (κ2) is 6.75. The molecule has 134 valence electrons. The number of nitrogens with zero attached hydrogens (tertiary/aromatic N) is 1. The summed E-state index contributed by atoms with van der Waals surface area (Å²) in [6.45, 7) is 5.25. The summed E-state index contributed by atoms with van der Waals surface area (Å²) in [4.78, 5) is 12.9. The van der Waals surface area contributed by atoms with Crippen LogP contribution in [0.5, 0.6) is 0 Å². The Morgan fingerprint density at radius 2 is 1.96 bits per heavy atom. The van der Waals surface area contributed by atoms with Crippen LogP contribution in [0.1, 0.15) is 54.6 Å². The van der Waals surface area contributed by atoms with Gasteiger partial charge in [0, 0.05) is 13.1 Å². The van der Waals surface area contributed by atoms with Crippen molar-refractivity contribution in [3.63, 3.8) is 0 Å². The van der Waals surface area contributed by atoms with Crippen LogP contribution in [-0.4, -0.2) is 29.6 Å². The predicted molar refractivity (Wildman–Crippen MR) is 85.9 cm³/mol. The van der Waals surface area contributed by atoms with E-state index in [2.05, 4.69) is 13.8 Å². The Labute approximate surface area is 140 Å². The smallest absolute Gasteiger partial charge is 0.416 e. The van der Waals surface area contributed by atoms with E-state index in [0.717, 1.165) is 31.9 Å². The first-order valence-corrected chi connectivity index (χ1v) is 8.14. The summed E-state index contributed by atoms with van der Waals surface area (Å²) in [7, 11) is 1.83. The Bertz CT molecular complexity index is 607. The van der Waals surface area contributed by atoms with Crippen LogP contribution in [0.2, 0.25) is 0 Å². The van der Waals surface area contributed by atoms with Gasteiger partial charge < -0.3 is 10.0 Å². The first-order chi connectivity index (χ1) is 11.0. The number of hydrogen-bond donors (Lipinski definition) is 1. The minimum absolute atomic E-state index is 0.121. The van der Waals surface area contributed by atoms with Gasteiger partial charge in [-0.3, -0.25) is 0 Å². The number of halogens is 3. The zero-order valence-electron chi connectivity index (χ0n) is 14.3. The van der Waals surface area contributed by atoms with E-state index in [1.54, 1.807) is 0 Å². The van der Waals surface area contributed by atoms with Crippen molar-refractivity contribution in [2.75, 3.05) is 13.6 Å². The molecule has 0 heterocycles. The van der Waals surface area contributed by atoms with Gasteiger partial charge in [-0.1, -0.05) is 19.9 Å². The molecule has 1 N–H and O–H groups in total. The molecule has 1 aliphatic carbocycles. The molecular weight excluding hydrogens is 319 g/mol. The molecule has 1 aromatic carbocycles. The molecular formula is C18H24F3NO2. The molecule has 24 heavy (non-hydrogen) atoms. The number of benzene rings is 1. The van der Waals surface area contributed by atoms with Crippen molar-refractivity contribution < 1.29 is 23.1 Å². The maximum Gasteiger partial charge on any atom is 0.416 e. The minimum atomic E-state index is -4.56. The van der Waals surface area contributed by atoms with E-state index in [1.165, 1.54) is 12.1 Å². The molecule has 0 aromatic heterocycles.